The summed E-state index contributed by atoms with van der Waals surface area (Å²) in [5, 5.41) is 8.02. The molecule has 0 saturated heterocycles. The summed E-state index contributed by atoms with van der Waals surface area (Å²) in [4.78, 5) is 4.41. The van der Waals surface area contributed by atoms with Crippen LogP contribution < -0.4 is 5.32 Å². The van der Waals surface area contributed by atoms with Gasteiger partial charge in [-0.2, -0.15) is 5.10 Å². The molecule has 0 aromatic carbocycles. The Morgan fingerprint density at radius 2 is 2.00 bits per heavy atom. The number of hydrogen-bond acceptors (Lipinski definition) is 3. The highest BCUT2D eigenvalue weighted by Crippen LogP contribution is 2.21. The summed E-state index contributed by atoms with van der Waals surface area (Å²) in [6.45, 7) is 8.30. The smallest absolute Gasteiger partial charge is 0.0623 e. The normalized spacial score (nSPS) is 12.6. The largest absolute Gasteiger partial charge is 0.306 e. The molecule has 2 aromatic heterocycles. The summed E-state index contributed by atoms with van der Waals surface area (Å²) >= 11 is 0. The first-order valence-corrected chi connectivity index (χ1v) is 7.42. The Hall–Kier alpha value is -1.68. The van der Waals surface area contributed by atoms with Crippen molar-refractivity contribution in [1.82, 2.24) is 20.1 Å². The van der Waals surface area contributed by atoms with Crippen LogP contribution in [0.5, 0.6) is 0 Å². The first-order chi connectivity index (χ1) is 9.74. The van der Waals surface area contributed by atoms with Gasteiger partial charge in [-0.3, -0.25) is 9.67 Å². The lowest BCUT2D eigenvalue weighted by Gasteiger charge is -2.17. The molecule has 0 bridgehead atoms. The fourth-order valence-corrected chi connectivity index (χ4v) is 2.25. The molecule has 0 aliphatic rings. The van der Waals surface area contributed by atoms with Crippen molar-refractivity contribution in [3.8, 4) is 0 Å². The molecule has 0 spiro atoms. The fraction of sp³-hybridized carbons (Fsp3) is 0.500. The molecule has 0 saturated carbocycles. The van der Waals surface area contributed by atoms with Crippen LogP contribution in [0.4, 0.5) is 0 Å². The van der Waals surface area contributed by atoms with Gasteiger partial charge in [0.25, 0.3) is 0 Å². The van der Waals surface area contributed by atoms with E-state index in [2.05, 4.69) is 47.6 Å². The molecule has 1 unspecified atom stereocenters. The van der Waals surface area contributed by atoms with Crippen molar-refractivity contribution < 1.29 is 0 Å². The van der Waals surface area contributed by atoms with E-state index < -0.39 is 0 Å². The maximum absolute atomic E-state index is 4.43. The highest BCUT2D eigenvalue weighted by atomic mass is 15.3. The summed E-state index contributed by atoms with van der Waals surface area (Å²) in [6, 6.07) is 4.38. The van der Waals surface area contributed by atoms with E-state index in [9.17, 15) is 0 Å². The Balaban J connectivity index is 2.23. The molecule has 4 nitrogen and oxygen atoms in total. The van der Waals surface area contributed by atoms with Crippen LogP contribution in [0.15, 0.2) is 30.7 Å². The summed E-state index contributed by atoms with van der Waals surface area (Å²) in [5.41, 5.74) is 3.45. The van der Waals surface area contributed by atoms with E-state index in [1.54, 1.807) is 0 Å². The molecule has 108 valence electrons. The zero-order chi connectivity index (χ0) is 14.4. The maximum atomic E-state index is 4.43. The van der Waals surface area contributed by atoms with Crippen molar-refractivity contribution in [2.75, 3.05) is 6.54 Å². The van der Waals surface area contributed by atoms with Crippen molar-refractivity contribution >= 4 is 0 Å². The first kappa shape index (κ1) is 14.7. The van der Waals surface area contributed by atoms with Crippen LogP contribution in [-0.4, -0.2) is 21.3 Å². The lowest BCUT2D eigenvalue weighted by molar-refractivity contribution is 0.587. The van der Waals surface area contributed by atoms with Gasteiger partial charge >= 0.3 is 0 Å². The predicted molar refractivity (Wildman–Crippen MR) is 81.6 cm³/mol. The molecular formula is C16H24N4. The molecule has 4 heteroatoms. The van der Waals surface area contributed by atoms with Crippen LogP contribution in [0, 0.1) is 6.92 Å². The minimum absolute atomic E-state index is 0.175. The molecule has 20 heavy (non-hydrogen) atoms. The monoisotopic (exact) mass is 272 g/mol. The molecule has 2 heterocycles. The minimum Gasteiger partial charge on any atom is -0.306 e. The highest BCUT2D eigenvalue weighted by molar-refractivity contribution is 5.27. The number of nitrogens with zero attached hydrogens (tertiary/aromatic N) is 3. The van der Waals surface area contributed by atoms with Crippen LogP contribution in [0.1, 0.15) is 49.6 Å². The number of rotatable bonds is 7. The van der Waals surface area contributed by atoms with Crippen LogP contribution in [0.3, 0.4) is 0 Å². The van der Waals surface area contributed by atoms with Crippen molar-refractivity contribution in [1.29, 1.82) is 0 Å². The van der Waals surface area contributed by atoms with Crippen molar-refractivity contribution in [3.63, 3.8) is 0 Å². The second-order valence-electron chi connectivity index (χ2n) is 5.16. The third kappa shape index (κ3) is 3.67. The van der Waals surface area contributed by atoms with Gasteiger partial charge in [0.2, 0.25) is 0 Å². The maximum Gasteiger partial charge on any atom is 0.0623 e. The highest BCUT2D eigenvalue weighted by Gasteiger charge is 2.15. The quantitative estimate of drug-likeness (QED) is 0.842. The molecule has 0 fully saturated rings. The van der Waals surface area contributed by atoms with Gasteiger partial charge in [-0.15, -0.1) is 0 Å². The van der Waals surface area contributed by atoms with E-state index in [4.69, 9.17) is 0 Å². The number of aromatic nitrogens is 3. The molecule has 1 atom stereocenters. The zero-order valence-electron chi connectivity index (χ0n) is 12.6. The van der Waals surface area contributed by atoms with Gasteiger partial charge in [0.05, 0.1) is 12.2 Å². The lowest BCUT2D eigenvalue weighted by atomic mass is 10.0. The van der Waals surface area contributed by atoms with Crippen molar-refractivity contribution in [2.24, 2.45) is 0 Å². The van der Waals surface area contributed by atoms with Gasteiger partial charge in [-0.05, 0) is 37.9 Å². The summed E-state index contributed by atoms with van der Waals surface area (Å²) in [5.74, 6) is 0. The first-order valence-electron chi connectivity index (χ1n) is 7.42. The Morgan fingerprint density at radius 1 is 1.15 bits per heavy atom. The van der Waals surface area contributed by atoms with E-state index in [-0.39, 0.29) is 6.04 Å². The van der Waals surface area contributed by atoms with E-state index in [0.717, 1.165) is 31.6 Å². The van der Waals surface area contributed by atoms with Gasteiger partial charge in [0, 0.05) is 30.2 Å². The number of nitrogens with one attached hydrogen (secondary N) is 1. The van der Waals surface area contributed by atoms with Crippen LogP contribution in [0.25, 0.3) is 0 Å². The summed E-state index contributed by atoms with van der Waals surface area (Å²) < 4.78 is 2.01. The Morgan fingerprint density at radius 3 is 2.65 bits per heavy atom. The van der Waals surface area contributed by atoms with Gasteiger partial charge in [0.15, 0.2) is 0 Å². The molecule has 0 radical (unpaired) electrons. The lowest BCUT2D eigenvalue weighted by Crippen LogP contribution is -2.23. The van der Waals surface area contributed by atoms with Gasteiger partial charge < -0.3 is 5.32 Å². The number of pyridine rings is 1. The van der Waals surface area contributed by atoms with Crippen molar-refractivity contribution in [3.05, 3.63) is 47.5 Å². The van der Waals surface area contributed by atoms with E-state index in [1.807, 2.05) is 24.0 Å². The Kier molecular flexibility index (Phi) is 5.30. The van der Waals surface area contributed by atoms with Gasteiger partial charge in [-0.1, -0.05) is 19.9 Å². The molecule has 1 N–H and O–H groups in total. The third-order valence-corrected chi connectivity index (χ3v) is 3.31. The van der Waals surface area contributed by atoms with Crippen LogP contribution in [0.2, 0.25) is 0 Å². The summed E-state index contributed by atoms with van der Waals surface area (Å²) in [7, 11) is 0. The van der Waals surface area contributed by atoms with Crippen LogP contribution >= 0.6 is 0 Å². The predicted octanol–water partition coefficient (Wildman–Crippen LogP) is 3.09. The number of aryl methyl sites for hydroxylation is 2. The average molecular weight is 272 g/mol. The topological polar surface area (TPSA) is 42.7 Å². The Bertz CT molecular complexity index is 516. The average Bonchev–Trinajstić information content (AvgIpc) is 2.90. The second kappa shape index (κ2) is 7.20. The number of hydrogen-bond donors (Lipinski definition) is 1. The standard InChI is InChI=1S/C16H24N4/c1-4-8-17-16(14-7-6-13(3)18-10-14)15-11-19-20(12-15)9-5-2/h6-7,10-12,16-17H,4-5,8-9H2,1-3H3. The van der Waals surface area contributed by atoms with E-state index >= 15 is 0 Å². The Labute approximate surface area is 121 Å². The molecule has 2 aromatic rings. The van der Waals surface area contributed by atoms with E-state index in [0.29, 0.717) is 0 Å². The molecule has 2 rings (SSSR count). The van der Waals surface area contributed by atoms with Crippen molar-refractivity contribution in [2.45, 2.75) is 46.2 Å². The zero-order valence-corrected chi connectivity index (χ0v) is 12.6. The molecule has 0 aliphatic heterocycles. The SMILES string of the molecule is CCCNC(c1ccc(C)nc1)c1cnn(CCC)c1. The third-order valence-electron chi connectivity index (χ3n) is 3.31. The second-order valence-corrected chi connectivity index (χ2v) is 5.16. The van der Waals surface area contributed by atoms with E-state index in [1.165, 1.54) is 11.1 Å². The molecular weight excluding hydrogens is 248 g/mol. The minimum atomic E-state index is 0.175. The fourth-order valence-electron chi connectivity index (χ4n) is 2.25. The van der Waals surface area contributed by atoms with Crippen LogP contribution in [-0.2, 0) is 6.54 Å². The summed E-state index contributed by atoms with van der Waals surface area (Å²) in [6.07, 6.45) is 8.26. The molecule has 0 aliphatic carbocycles. The van der Waals surface area contributed by atoms with Gasteiger partial charge in [-0.25, -0.2) is 0 Å². The molecule has 0 amide bonds. The van der Waals surface area contributed by atoms with Gasteiger partial charge in [0.1, 0.15) is 0 Å².